The number of ether oxygens (including phenoxy) is 1. The average Bonchev–Trinajstić information content (AvgIpc) is 2.69. The fourth-order valence-corrected chi connectivity index (χ4v) is 4.26. The molecule has 1 amide bonds. The second-order valence-corrected chi connectivity index (χ2v) is 8.36. The molecule has 1 aliphatic heterocycles. The molecular weight excluding hydrogens is 380 g/mol. The summed E-state index contributed by atoms with van der Waals surface area (Å²) in [4.78, 5) is 13.8. The number of hydrogen-bond acceptors (Lipinski definition) is 6. The molecule has 2 N–H and O–H groups in total. The second-order valence-electron chi connectivity index (χ2n) is 6.76. The minimum absolute atomic E-state index is 0.0722. The molecule has 2 atom stereocenters. The summed E-state index contributed by atoms with van der Waals surface area (Å²) in [6.45, 7) is 0.621. The molecule has 8 heteroatoms. The molecule has 1 saturated heterocycles. The molecule has 0 bridgehead atoms. The van der Waals surface area contributed by atoms with Crippen LogP contribution in [0.15, 0.2) is 60.7 Å². The van der Waals surface area contributed by atoms with Crippen molar-refractivity contribution in [1.29, 1.82) is 0 Å². The van der Waals surface area contributed by atoms with Crippen molar-refractivity contribution in [3.05, 3.63) is 71.8 Å². The molecule has 1 fully saturated rings. The van der Waals surface area contributed by atoms with Gasteiger partial charge in [0.25, 0.3) is 10.1 Å². The van der Waals surface area contributed by atoms with E-state index in [0.717, 1.165) is 5.56 Å². The van der Waals surface area contributed by atoms with Crippen molar-refractivity contribution >= 4 is 16.2 Å². The number of benzene rings is 2. The Morgan fingerprint density at radius 3 is 2.29 bits per heavy atom. The van der Waals surface area contributed by atoms with E-state index >= 15 is 0 Å². The number of hydrogen-bond donors (Lipinski definition) is 1. The standard InChI is InChI=1S/C20H24N2O5S/c21-18-11-12-22(20(23)26-14-16-7-3-1-4-8-16)13-19(18)27-28(24,25)15-17-9-5-2-6-10-17/h1-10,18-19H,11-15,21H2/t18-,19-/m1/s1. The highest BCUT2D eigenvalue weighted by molar-refractivity contribution is 7.85. The largest absolute Gasteiger partial charge is 0.445 e. The first kappa shape index (κ1) is 20.3. The third-order valence-electron chi connectivity index (χ3n) is 4.53. The van der Waals surface area contributed by atoms with Gasteiger partial charge in [0.15, 0.2) is 0 Å². The lowest BCUT2D eigenvalue weighted by Crippen LogP contribution is -2.54. The zero-order valence-corrected chi connectivity index (χ0v) is 16.3. The van der Waals surface area contributed by atoms with Gasteiger partial charge in [0, 0.05) is 12.6 Å². The van der Waals surface area contributed by atoms with Crippen LogP contribution in [0, 0.1) is 0 Å². The van der Waals surface area contributed by atoms with Gasteiger partial charge in [-0.3, -0.25) is 4.18 Å². The van der Waals surface area contributed by atoms with E-state index in [0.29, 0.717) is 18.5 Å². The number of carbonyl (C=O) groups excluding carboxylic acids is 1. The number of rotatable bonds is 6. The Balaban J connectivity index is 1.56. The number of amides is 1. The summed E-state index contributed by atoms with van der Waals surface area (Å²) in [6, 6.07) is 17.6. The molecule has 28 heavy (non-hydrogen) atoms. The number of nitrogens with two attached hydrogens (primary N) is 1. The maximum absolute atomic E-state index is 12.4. The van der Waals surface area contributed by atoms with Crippen LogP contribution < -0.4 is 5.73 Å². The molecule has 7 nitrogen and oxygen atoms in total. The van der Waals surface area contributed by atoms with Crippen molar-refractivity contribution in [3.8, 4) is 0 Å². The molecule has 150 valence electrons. The molecule has 1 aliphatic rings. The minimum atomic E-state index is -3.83. The van der Waals surface area contributed by atoms with Gasteiger partial charge >= 0.3 is 6.09 Å². The zero-order chi connectivity index (χ0) is 20.0. The highest BCUT2D eigenvalue weighted by atomic mass is 32.2. The summed E-state index contributed by atoms with van der Waals surface area (Å²) in [5.41, 5.74) is 7.55. The van der Waals surface area contributed by atoms with Crippen molar-refractivity contribution in [3.63, 3.8) is 0 Å². The summed E-state index contributed by atoms with van der Waals surface area (Å²) in [6.07, 6.45) is -0.872. The van der Waals surface area contributed by atoms with Crippen molar-refractivity contribution < 1.29 is 22.1 Å². The molecule has 0 spiro atoms. The number of carbonyl (C=O) groups is 1. The van der Waals surface area contributed by atoms with Gasteiger partial charge in [0.1, 0.15) is 18.5 Å². The van der Waals surface area contributed by atoms with Crippen LogP contribution in [-0.4, -0.2) is 44.6 Å². The second kappa shape index (κ2) is 9.18. The number of piperidine rings is 1. The first-order chi connectivity index (χ1) is 13.4. The van der Waals surface area contributed by atoms with E-state index in [1.807, 2.05) is 36.4 Å². The number of likely N-dealkylation sites (tertiary alicyclic amines) is 1. The Labute approximate surface area is 165 Å². The first-order valence-electron chi connectivity index (χ1n) is 9.09. The Morgan fingerprint density at radius 1 is 1.04 bits per heavy atom. The van der Waals surface area contributed by atoms with E-state index in [2.05, 4.69) is 0 Å². The summed E-state index contributed by atoms with van der Waals surface area (Å²) < 4.78 is 35.4. The fourth-order valence-electron chi connectivity index (χ4n) is 3.01. The molecule has 0 radical (unpaired) electrons. The molecule has 2 aromatic carbocycles. The van der Waals surface area contributed by atoms with Crippen LogP contribution in [0.1, 0.15) is 17.5 Å². The van der Waals surface area contributed by atoms with Gasteiger partial charge in [-0.2, -0.15) is 8.42 Å². The van der Waals surface area contributed by atoms with E-state index in [4.69, 9.17) is 14.7 Å². The predicted molar refractivity (Wildman–Crippen MR) is 105 cm³/mol. The van der Waals surface area contributed by atoms with Crippen molar-refractivity contribution in [2.24, 2.45) is 5.73 Å². The van der Waals surface area contributed by atoms with Gasteiger partial charge in [-0.05, 0) is 17.5 Å². The molecule has 2 aromatic rings. The van der Waals surface area contributed by atoms with Crippen LogP contribution in [0.2, 0.25) is 0 Å². The van der Waals surface area contributed by atoms with Gasteiger partial charge in [0.05, 0.1) is 6.54 Å². The zero-order valence-electron chi connectivity index (χ0n) is 15.4. The highest BCUT2D eigenvalue weighted by Crippen LogP contribution is 2.18. The van der Waals surface area contributed by atoms with E-state index in [-0.39, 0.29) is 18.9 Å². The van der Waals surface area contributed by atoms with Gasteiger partial charge in [-0.25, -0.2) is 4.79 Å². The van der Waals surface area contributed by atoms with Crippen LogP contribution in [0.25, 0.3) is 0 Å². The smallest absolute Gasteiger partial charge is 0.410 e. The van der Waals surface area contributed by atoms with E-state index in [1.165, 1.54) is 4.90 Å². The van der Waals surface area contributed by atoms with Gasteiger partial charge in [-0.15, -0.1) is 0 Å². The van der Waals surface area contributed by atoms with Crippen LogP contribution in [0.3, 0.4) is 0 Å². The Hall–Kier alpha value is -2.42. The lowest BCUT2D eigenvalue weighted by molar-refractivity contribution is 0.0486. The monoisotopic (exact) mass is 404 g/mol. The van der Waals surface area contributed by atoms with Crippen molar-refractivity contribution in [2.75, 3.05) is 13.1 Å². The minimum Gasteiger partial charge on any atom is -0.445 e. The van der Waals surface area contributed by atoms with Crippen LogP contribution >= 0.6 is 0 Å². The summed E-state index contributed by atoms with van der Waals surface area (Å²) in [5, 5.41) is 0. The normalized spacial score (nSPS) is 20.0. The molecular formula is C20H24N2O5S. The van der Waals surface area contributed by atoms with Crippen LogP contribution in [0.4, 0.5) is 4.79 Å². The van der Waals surface area contributed by atoms with E-state index < -0.39 is 28.4 Å². The lowest BCUT2D eigenvalue weighted by Gasteiger charge is -2.35. The topological polar surface area (TPSA) is 98.9 Å². The van der Waals surface area contributed by atoms with E-state index in [1.54, 1.807) is 24.3 Å². The predicted octanol–water partition coefficient (Wildman–Crippen LogP) is 2.27. The molecule has 0 aliphatic carbocycles. The first-order valence-corrected chi connectivity index (χ1v) is 10.7. The molecule has 0 saturated carbocycles. The third-order valence-corrected chi connectivity index (χ3v) is 5.76. The average molecular weight is 404 g/mol. The fraction of sp³-hybridized carbons (Fsp3) is 0.350. The van der Waals surface area contributed by atoms with Gasteiger partial charge in [0.2, 0.25) is 0 Å². The lowest BCUT2D eigenvalue weighted by atomic mass is 10.0. The Kier molecular flexibility index (Phi) is 6.66. The van der Waals surface area contributed by atoms with E-state index in [9.17, 15) is 13.2 Å². The van der Waals surface area contributed by atoms with Crippen LogP contribution in [-0.2, 0) is 31.4 Å². The quantitative estimate of drug-likeness (QED) is 0.742. The summed E-state index contributed by atoms with van der Waals surface area (Å²) in [5.74, 6) is -0.241. The Bertz CT molecular complexity index is 874. The summed E-state index contributed by atoms with van der Waals surface area (Å²) >= 11 is 0. The molecule has 0 unspecified atom stereocenters. The van der Waals surface area contributed by atoms with Crippen molar-refractivity contribution in [1.82, 2.24) is 4.90 Å². The maximum atomic E-state index is 12.4. The van der Waals surface area contributed by atoms with Crippen LogP contribution in [0.5, 0.6) is 0 Å². The van der Waals surface area contributed by atoms with Gasteiger partial charge < -0.3 is 15.4 Å². The molecule has 0 aromatic heterocycles. The van der Waals surface area contributed by atoms with Gasteiger partial charge in [-0.1, -0.05) is 60.7 Å². The SMILES string of the molecule is N[C@@H]1CCN(C(=O)OCc2ccccc2)C[C@H]1OS(=O)(=O)Cc1ccccc1. The van der Waals surface area contributed by atoms with Crippen molar-refractivity contribution in [2.45, 2.75) is 30.9 Å². The number of nitrogens with zero attached hydrogens (tertiary/aromatic N) is 1. The third kappa shape index (κ3) is 5.79. The molecule has 3 rings (SSSR count). The molecule has 1 heterocycles. The summed E-state index contributed by atoms with van der Waals surface area (Å²) in [7, 11) is -3.83. The Morgan fingerprint density at radius 2 is 1.64 bits per heavy atom. The maximum Gasteiger partial charge on any atom is 0.410 e. The highest BCUT2D eigenvalue weighted by Gasteiger charge is 2.34.